The molecule has 0 bridgehead atoms. The van der Waals surface area contributed by atoms with Gasteiger partial charge in [0.05, 0.1) is 0 Å². The molecule has 0 radical (unpaired) electrons. The maximum Gasteiger partial charge on any atom is 0.150 e. The highest BCUT2D eigenvalue weighted by Crippen LogP contribution is 2.07. The fourth-order valence-electron chi connectivity index (χ4n) is 1.19. The van der Waals surface area contributed by atoms with Crippen molar-refractivity contribution in [2.45, 2.75) is 33.1 Å². The van der Waals surface area contributed by atoms with E-state index in [4.69, 9.17) is 0 Å². The molecule has 1 aliphatic heterocycles. The van der Waals surface area contributed by atoms with Crippen molar-refractivity contribution in [2.75, 3.05) is 0 Å². The summed E-state index contributed by atoms with van der Waals surface area (Å²) < 4.78 is 0. The molecule has 0 unspecified atom stereocenters. The zero-order chi connectivity index (χ0) is 12.0. The first-order valence-electron chi connectivity index (χ1n) is 5.31. The maximum atomic E-state index is 4.37. The largest absolute Gasteiger partial charge is 0.305 e. The minimum absolute atomic E-state index is 0.792. The van der Waals surface area contributed by atoms with Crippen molar-refractivity contribution in [3.63, 3.8) is 0 Å². The standard InChI is InChI=1S/C11H19N5/c1-8(2)13-15-10-6-5-7-11(12-10)16-14-9(3)4/h13-14H,1,3,5-7H2,2,4H3,(H,12,15,16). The van der Waals surface area contributed by atoms with E-state index in [9.17, 15) is 0 Å². The van der Waals surface area contributed by atoms with Gasteiger partial charge < -0.3 is 5.43 Å². The zero-order valence-corrected chi connectivity index (χ0v) is 9.93. The molecule has 88 valence electrons. The van der Waals surface area contributed by atoms with Crippen LogP contribution in [0, 0.1) is 0 Å². The van der Waals surface area contributed by atoms with E-state index in [0.717, 1.165) is 42.3 Å². The van der Waals surface area contributed by atoms with E-state index in [2.05, 4.69) is 39.5 Å². The highest BCUT2D eigenvalue weighted by molar-refractivity contribution is 5.98. The molecule has 0 aromatic heterocycles. The smallest absolute Gasteiger partial charge is 0.150 e. The predicted molar refractivity (Wildman–Crippen MR) is 67.8 cm³/mol. The lowest BCUT2D eigenvalue weighted by Crippen LogP contribution is -2.37. The molecule has 0 saturated carbocycles. The lowest BCUT2D eigenvalue weighted by molar-refractivity contribution is 0.728. The molecule has 1 heterocycles. The van der Waals surface area contributed by atoms with Crippen LogP contribution in [0.5, 0.6) is 0 Å². The van der Waals surface area contributed by atoms with Crippen molar-refractivity contribution in [2.24, 2.45) is 10.1 Å². The summed E-state index contributed by atoms with van der Waals surface area (Å²) in [4.78, 5) is 4.37. The molecule has 3 N–H and O–H groups in total. The molecule has 5 nitrogen and oxygen atoms in total. The predicted octanol–water partition coefficient (Wildman–Crippen LogP) is 1.63. The molecule has 0 spiro atoms. The number of hydrazone groups is 1. The average Bonchev–Trinajstić information content (AvgIpc) is 2.24. The molecule has 0 saturated heterocycles. The van der Waals surface area contributed by atoms with Crippen molar-refractivity contribution in [3.05, 3.63) is 24.6 Å². The van der Waals surface area contributed by atoms with Gasteiger partial charge in [0.15, 0.2) is 5.84 Å². The van der Waals surface area contributed by atoms with Gasteiger partial charge in [-0.1, -0.05) is 13.2 Å². The molecule has 1 aliphatic rings. The Balaban J connectivity index is 2.54. The van der Waals surface area contributed by atoms with Gasteiger partial charge in [0.1, 0.15) is 5.84 Å². The summed E-state index contributed by atoms with van der Waals surface area (Å²) in [6.07, 6.45) is 2.85. The molecule has 0 aromatic carbocycles. The van der Waals surface area contributed by atoms with E-state index in [1.165, 1.54) is 0 Å². The topological polar surface area (TPSA) is 60.8 Å². The van der Waals surface area contributed by atoms with Gasteiger partial charge in [0, 0.05) is 24.2 Å². The summed E-state index contributed by atoms with van der Waals surface area (Å²) in [7, 11) is 0. The van der Waals surface area contributed by atoms with Crippen LogP contribution in [-0.2, 0) is 0 Å². The van der Waals surface area contributed by atoms with Crippen LogP contribution in [0.3, 0.4) is 0 Å². The van der Waals surface area contributed by atoms with E-state index >= 15 is 0 Å². The Morgan fingerprint density at radius 1 is 1.25 bits per heavy atom. The molecule has 1 rings (SSSR count). The molecule has 5 heteroatoms. The van der Waals surface area contributed by atoms with E-state index in [1.54, 1.807) is 0 Å². The van der Waals surface area contributed by atoms with E-state index in [-0.39, 0.29) is 0 Å². The monoisotopic (exact) mass is 221 g/mol. The summed E-state index contributed by atoms with van der Waals surface area (Å²) in [5.74, 6) is 1.68. The van der Waals surface area contributed by atoms with Gasteiger partial charge in [-0.3, -0.25) is 10.9 Å². The molecule has 0 aliphatic carbocycles. The van der Waals surface area contributed by atoms with Crippen molar-refractivity contribution < 1.29 is 0 Å². The van der Waals surface area contributed by atoms with Crippen LogP contribution < -0.4 is 16.3 Å². The maximum absolute atomic E-state index is 4.37. The summed E-state index contributed by atoms with van der Waals surface area (Å²) in [6, 6.07) is 0. The van der Waals surface area contributed by atoms with Gasteiger partial charge in [0.2, 0.25) is 0 Å². The third-order valence-electron chi connectivity index (χ3n) is 1.87. The molecule has 0 amide bonds. The summed E-state index contributed by atoms with van der Waals surface area (Å²) >= 11 is 0. The summed E-state index contributed by atoms with van der Waals surface area (Å²) in [5.41, 5.74) is 10.4. The second-order valence-electron chi connectivity index (χ2n) is 3.86. The van der Waals surface area contributed by atoms with Crippen LogP contribution in [0.2, 0.25) is 0 Å². The Bertz CT molecular complexity index is 340. The van der Waals surface area contributed by atoms with Gasteiger partial charge in [0.25, 0.3) is 0 Å². The number of hydrazine groups is 1. The Morgan fingerprint density at radius 2 is 2.00 bits per heavy atom. The highest BCUT2D eigenvalue weighted by Gasteiger charge is 2.09. The van der Waals surface area contributed by atoms with E-state index in [0.29, 0.717) is 0 Å². The third kappa shape index (κ3) is 4.63. The van der Waals surface area contributed by atoms with Gasteiger partial charge in [-0.15, -0.1) is 0 Å². The number of hydrogen-bond acceptors (Lipinski definition) is 4. The number of hydrogen-bond donors (Lipinski definition) is 3. The average molecular weight is 221 g/mol. The summed E-state index contributed by atoms with van der Waals surface area (Å²) in [5, 5.41) is 4.15. The van der Waals surface area contributed by atoms with Crippen LogP contribution in [0.1, 0.15) is 33.1 Å². The number of amidine groups is 2. The number of aliphatic imine (C=N–C) groups is 1. The van der Waals surface area contributed by atoms with Crippen LogP contribution >= 0.6 is 0 Å². The first-order valence-corrected chi connectivity index (χ1v) is 5.31. The lowest BCUT2D eigenvalue weighted by Gasteiger charge is -2.16. The number of allylic oxidation sites excluding steroid dienone is 2. The second kappa shape index (κ2) is 5.95. The third-order valence-corrected chi connectivity index (χ3v) is 1.87. The Labute approximate surface area is 96.4 Å². The second-order valence-corrected chi connectivity index (χ2v) is 3.86. The van der Waals surface area contributed by atoms with Crippen molar-refractivity contribution in [1.82, 2.24) is 16.3 Å². The van der Waals surface area contributed by atoms with E-state index in [1.807, 2.05) is 13.8 Å². The van der Waals surface area contributed by atoms with E-state index < -0.39 is 0 Å². The fraction of sp³-hybridized carbons (Fsp3) is 0.455. The van der Waals surface area contributed by atoms with Crippen molar-refractivity contribution in [3.8, 4) is 0 Å². The van der Waals surface area contributed by atoms with Gasteiger partial charge in [-0.25, -0.2) is 4.99 Å². The Kier molecular flexibility index (Phi) is 4.57. The van der Waals surface area contributed by atoms with Gasteiger partial charge in [-0.05, 0) is 20.3 Å². The van der Waals surface area contributed by atoms with Crippen molar-refractivity contribution in [1.29, 1.82) is 0 Å². The minimum Gasteiger partial charge on any atom is -0.305 e. The SMILES string of the molecule is C=C(C)N/N=C1\CCCC(NNC(=C)C)=N1. The van der Waals surface area contributed by atoms with Crippen LogP contribution in [0.15, 0.2) is 34.6 Å². The first kappa shape index (κ1) is 12.3. The lowest BCUT2D eigenvalue weighted by atomic mass is 10.2. The molecule has 0 fully saturated rings. The number of rotatable bonds is 4. The van der Waals surface area contributed by atoms with Gasteiger partial charge in [-0.2, -0.15) is 5.10 Å². The molecular weight excluding hydrogens is 202 g/mol. The quantitative estimate of drug-likeness (QED) is 0.632. The van der Waals surface area contributed by atoms with Crippen molar-refractivity contribution >= 4 is 11.7 Å². The molecule has 16 heavy (non-hydrogen) atoms. The zero-order valence-electron chi connectivity index (χ0n) is 9.93. The minimum atomic E-state index is 0.792. The fourth-order valence-corrected chi connectivity index (χ4v) is 1.19. The Morgan fingerprint density at radius 3 is 2.62 bits per heavy atom. The number of nitrogens with one attached hydrogen (secondary N) is 3. The normalized spacial score (nSPS) is 17.6. The highest BCUT2D eigenvalue weighted by atomic mass is 15.4. The molecule has 0 atom stereocenters. The van der Waals surface area contributed by atoms with Crippen LogP contribution in [-0.4, -0.2) is 11.7 Å². The van der Waals surface area contributed by atoms with Gasteiger partial charge >= 0.3 is 0 Å². The molecular formula is C11H19N5. The summed E-state index contributed by atoms with van der Waals surface area (Å²) in [6.45, 7) is 11.2. The molecule has 0 aromatic rings. The van der Waals surface area contributed by atoms with Crippen LogP contribution in [0.25, 0.3) is 0 Å². The van der Waals surface area contributed by atoms with Crippen LogP contribution in [0.4, 0.5) is 0 Å². The first-order chi connectivity index (χ1) is 7.58. The number of nitrogens with zero attached hydrogens (tertiary/aromatic N) is 2. The Hall–Kier alpha value is -1.78.